The number of halogens is 6. The Labute approximate surface area is 341 Å². The molecule has 3 aromatic rings. The molecule has 60 heavy (non-hydrogen) atoms. The van der Waals surface area contributed by atoms with Crippen molar-refractivity contribution in [1.29, 1.82) is 0 Å². The van der Waals surface area contributed by atoms with Crippen molar-refractivity contribution in [1.82, 2.24) is 40.4 Å². The molecular formula is C40H48F6N8O6. The Morgan fingerprint density at radius 3 is 1.63 bits per heavy atom. The number of H-pyrrole nitrogens is 2. The Balaban J connectivity index is 0.994. The molecule has 2 aromatic heterocycles. The number of imidazole rings is 2. The Bertz CT molecular complexity index is 2030. The van der Waals surface area contributed by atoms with Gasteiger partial charge < -0.3 is 39.9 Å². The fourth-order valence-corrected chi connectivity index (χ4v) is 9.75. The lowest BCUT2D eigenvalue weighted by Gasteiger charge is -2.53. The molecule has 0 radical (unpaired) electrons. The van der Waals surface area contributed by atoms with Crippen molar-refractivity contribution >= 4 is 24.0 Å². The zero-order chi connectivity index (χ0) is 43.0. The molecule has 1 aromatic carbocycles. The first-order valence-corrected chi connectivity index (χ1v) is 20.1. The Hall–Kier alpha value is -5.30. The monoisotopic (exact) mass is 850 g/mol. The van der Waals surface area contributed by atoms with Crippen LogP contribution in [0.5, 0.6) is 0 Å². The van der Waals surface area contributed by atoms with Crippen LogP contribution in [0.1, 0.15) is 112 Å². The Kier molecular flexibility index (Phi) is 11.9. The second kappa shape index (κ2) is 16.6. The van der Waals surface area contributed by atoms with Crippen LogP contribution in [0.15, 0.2) is 36.7 Å². The lowest BCUT2D eigenvalue weighted by Crippen LogP contribution is -2.50. The number of methoxy groups -OCH3 is 2. The van der Waals surface area contributed by atoms with Crippen molar-refractivity contribution in [2.75, 3.05) is 27.3 Å². The highest BCUT2D eigenvalue weighted by Gasteiger charge is 2.51. The lowest BCUT2D eigenvalue weighted by molar-refractivity contribution is -0.154. The fourth-order valence-electron chi connectivity index (χ4n) is 9.75. The summed E-state index contributed by atoms with van der Waals surface area (Å²) in [6.45, 7) is 0.445. The predicted octanol–water partition coefficient (Wildman–Crippen LogP) is 7.02. The highest BCUT2D eigenvalue weighted by atomic mass is 19.4. The number of ether oxygens (including phenoxy) is 2. The van der Waals surface area contributed by atoms with E-state index in [0.29, 0.717) is 43.0 Å². The van der Waals surface area contributed by atoms with E-state index in [2.05, 4.69) is 41.5 Å². The van der Waals surface area contributed by atoms with Gasteiger partial charge in [-0.05, 0) is 80.8 Å². The number of alkyl carbamates (subject to hydrolysis) is 2. The number of likely N-dealkylation sites (tertiary alicyclic amines) is 2. The second-order valence-electron chi connectivity index (χ2n) is 16.4. The zero-order valence-electron chi connectivity index (χ0n) is 33.2. The number of carbonyl (C=O) groups excluding carboxylic acids is 4. The number of hydrogen-bond donors (Lipinski definition) is 4. The topological polar surface area (TPSA) is 175 Å². The van der Waals surface area contributed by atoms with Crippen molar-refractivity contribution in [2.45, 2.75) is 124 Å². The van der Waals surface area contributed by atoms with Gasteiger partial charge >= 0.3 is 24.5 Å². The van der Waals surface area contributed by atoms with E-state index in [1.54, 1.807) is 12.4 Å². The molecule has 5 aliphatic rings. The first-order valence-electron chi connectivity index (χ1n) is 20.1. The minimum absolute atomic E-state index is 0.0347. The van der Waals surface area contributed by atoms with Gasteiger partial charge in [0.25, 0.3) is 0 Å². The summed E-state index contributed by atoms with van der Waals surface area (Å²) in [6.07, 6.45) is -3.70. The number of aromatic nitrogens is 4. The Morgan fingerprint density at radius 1 is 0.717 bits per heavy atom. The number of hydrogen-bond acceptors (Lipinski definition) is 8. The van der Waals surface area contributed by atoms with Gasteiger partial charge in [0.15, 0.2) is 0 Å². The van der Waals surface area contributed by atoms with E-state index in [0.717, 1.165) is 64.0 Å². The third-order valence-electron chi connectivity index (χ3n) is 12.9. The third-order valence-corrected chi connectivity index (χ3v) is 12.9. The van der Waals surface area contributed by atoms with Gasteiger partial charge in [-0.1, -0.05) is 24.3 Å². The molecular weight excluding hydrogens is 802 g/mol. The smallest absolute Gasteiger partial charge is 0.407 e. The van der Waals surface area contributed by atoms with Crippen molar-refractivity contribution < 1.29 is 55.0 Å². The maximum absolute atomic E-state index is 13.4. The van der Waals surface area contributed by atoms with Gasteiger partial charge in [-0.15, -0.1) is 0 Å². The predicted molar refractivity (Wildman–Crippen MR) is 201 cm³/mol. The van der Waals surface area contributed by atoms with Gasteiger partial charge in [0.1, 0.15) is 23.7 Å². The number of carbonyl (C=O) groups is 4. The summed E-state index contributed by atoms with van der Waals surface area (Å²) in [5.41, 5.74) is 3.51. The fraction of sp³-hybridized carbons (Fsp3) is 0.600. The zero-order valence-corrected chi connectivity index (χ0v) is 33.2. The number of fused-ring (bicyclic) bond motifs is 3. The van der Waals surface area contributed by atoms with Crippen LogP contribution < -0.4 is 10.6 Å². The number of rotatable bonds is 11. The van der Waals surface area contributed by atoms with Crippen molar-refractivity contribution in [3.8, 4) is 11.3 Å². The highest BCUT2D eigenvalue weighted by Crippen LogP contribution is 2.58. The van der Waals surface area contributed by atoms with E-state index in [-0.39, 0.29) is 23.9 Å². The maximum Gasteiger partial charge on any atom is 0.407 e. The molecule has 4 N–H and O–H groups in total. The molecule has 0 unspecified atom stereocenters. The summed E-state index contributed by atoms with van der Waals surface area (Å²) < 4.78 is 89.1. The van der Waals surface area contributed by atoms with E-state index in [1.807, 2.05) is 22.8 Å². The molecule has 3 aliphatic carbocycles. The molecule has 326 valence electrons. The summed E-state index contributed by atoms with van der Waals surface area (Å²) in [5.74, 6) is -0.745. The van der Waals surface area contributed by atoms with Crippen LogP contribution in [-0.4, -0.2) is 105 Å². The number of benzene rings is 1. The molecule has 2 saturated heterocycles. The molecule has 3 saturated carbocycles. The average Bonchev–Trinajstić information content (AvgIpc) is 4.06. The van der Waals surface area contributed by atoms with E-state index in [4.69, 9.17) is 0 Å². The van der Waals surface area contributed by atoms with Crippen LogP contribution in [0.25, 0.3) is 11.3 Å². The first kappa shape index (κ1) is 42.8. The van der Waals surface area contributed by atoms with Crippen LogP contribution in [0.3, 0.4) is 0 Å². The summed E-state index contributed by atoms with van der Waals surface area (Å²) >= 11 is 0. The molecule has 0 spiro atoms. The maximum atomic E-state index is 13.4. The SMILES string of the molecule is COC(=O)N[C@@H](CC(F)(F)F)C(=O)N1CCC[C@H]1c1ncc(-c2ccc(C34CCC(c5cnc([C@@H]6CCCN6C(=O)[C@H](CC(F)(F)F)NC(=O)OC)[nH]5)(CC3)CC4)cc2)[nH]1. The van der Waals surface area contributed by atoms with Crippen LogP contribution in [0.4, 0.5) is 35.9 Å². The standard InChI is InChI=1S/C40H48F6N8O6/c1-59-35(57)50-25(19-39(41,42)43)33(55)53-17-3-5-28(53)31-47-21-27(49-31)23-7-9-24(10-8-23)37-11-14-38(15-12-37,16-13-37)30-22-48-32(52-30)29-6-4-18-54(29)34(56)26(20-40(44,45)46)51-36(58)60-2/h7-10,21-22,25-26,28-29H,3-6,11-20H2,1-2H3,(H,47,49)(H,48,52)(H,50,57)(H,51,58)/t25-,26-,28-,29-,37?,38?/m0/s1. The van der Waals surface area contributed by atoms with Gasteiger partial charge in [-0.2, -0.15) is 26.3 Å². The number of amides is 4. The molecule has 14 nitrogen and oxygen atoms in total. The van der Waals surface area contributed by atoms with Crippen LogP contribution in [0.2, 0.25) is 0 Å². The van der Waals surface area contributed by atoms with Gasteiger partial charge in [0.2, 0.25) is 11.8 Å². The van der Waals surface area contributed by atoms with E-state index in [1.165, 1.54) is 15.4 Å². The van der Waals surface area contributed by atoms with E-state index in [9.17, 15) is 45.5 Å². The number of nitrogens with one attached hydrogen (secondary N) is 4. The molecule has 4 atom stereocenters. The van der Waals surface area contributed by atoms with Crippen LogP contribution >= 0.6 is 0 Å². The van der Waals surface area contributed by atoms with Crippen molar-refractivity contribution in [2.24, 2.45) is 0 Å². The van der Waals surface area contributed by atoms with Gasteiger partial charge in [0.05, 0.1) is 51.0 Å². The summed E-state index contributed by atoms with van der Waals surface area (Å²) in [5, 5.41) is 4.08. The van der Waals surface area contributed by atoms with Gasteiger partial charge in [0, 0.05) is 30.4 Å². The molecule has 2 bridgehead atoms. The average molecular weight is 851 g/mol. The lowest BCUT2D eigenvalue weighted by atomic mass is 9.51. The quantitative estimate of drug-likeness (QED) is 0.149. The first-order chi connectivity index (χ1) is 28.4. The molecule has 8 rings (SSSR count). The normalized spacial score (nSPS) is 25.2. The van der Waals surface area contributed by atoms with Crippen LogP contribution in [-0.2, 0) is 29.9 Å². The molecule has 4 amide bonds. The molecule has 4 heterocycles. The van der Waals surface area contributed by atoms with Gasteiger partial charge in [-0.25, -0.2) is 19.6 Å². The van der Waals surface area contributed by atoms with Crippen LogP contribution in [0, 0.1) is 0 Å². The summed E-state index contributed by atoms with van der Waals surface area (Å²) in [7, 11) is 2.03. The number of alkyl halides is 6. The van der Waals surface area contributed by atoms with E-state index < -0.39 is 73.4 Å². The highest BCUT2D eigenvalue weighted by molar-refractivity contribution is 5.87. The summed E-state index contributed by atoms with van der Waals surface area (Å²) in [6, 6.07) is 3.42. The van der Waals surface area contributed by atoms with Gasteiger partial charge in [-0.3, -0.25) is 9.59 Å². The molecule has 20 heteroatoms. The third kappa shape index (κ3) is 8.91. The number of aromatic amines is 2. The van der Waals surface area contributed by atoms with Crippen molar-refractivity contribution in [3.63, 3.8) is 0 Å². The number of nitrogens with zero attached hydrogens (tertiary/aromatic N) is 4. The van der Waals surface area contributed by atoms with Crippen molar-refractivity contribution in [3.05, 3.63) is 59.6 Å². The van der Waals surface area contributed by atoms with E-state index >= 15 is 0 Å². The minimum atomic E-state index is -4.70. The largest absolute Gasteiger partial charge is 0.453 e. The Morgan fingerprint density at radius 2 is 1.17 bits per heavy atom. The second-order valence-corrected chi connectivity index (χ2v) is 16.4. The molecule has 2 aliphatic heterocycles. The minimum Gasteiger partial charge on any atom is -0.453 e. The molecule has 5 fully saturated rings. The summed E-state index contributed by atoms with van der Waals surface area (Å²) in [4.78, 5) is 68.9.